The topological polar surface area (TPSA) is 76.2 Å². The van der Waals surface area contributed by atoms with E-state index >= 15 is 0 Å². The number of carbonyl (C=O) groups is 3. The Morgan fingerprint density at radius 2 is 1.93 bits per heavy atom. The molecule has 0 aromatic heterocycles. The molecule has 1 aromatic carbocycles. The van der Waals surface area contributed by atoms with Crippen LogP contribution in [0.2, 0.25) is 0 Å². The third-order valence-electron chi connectivity index (χ3n) is 4.82. The van der Waals surface area contributed by atoms with Crippen molar-refractivity contribution in [1.82, 2.24) is 9.80 Å². The highest BCUT2D eigenvalue weighted by molar-refractivity contribution is 8.18. The molecule has 0 unspecified atom stereocenters. The van der Waals surface area contributed by atoms with Crippen molar-refractivity contribution in [2.24, 2.45) is 0 Å². The normalized spacial score (nSPS) is 18.5. The number of hydrogen-bond donors (Lipinski definition) is 0. The number of amides is 3. The van der Waals surface area contributed by atoms with Crippen LogP contribution in [0.15, 0.2) is 23.1 Å². The Morgan fingerprint density at radius 1 is 1.17 bits per heavy atom. The molecule has 8 heteroatoms. The van der Waals surface area contributed by atoms with E-state index in [0.717, 1.165) is 47.9 Å². The van der Waals surface area contributed by atoms with E-state index < -0.39 is 11.1 Å². The van der Waals surface area contributed by atoms with Gasteiger partial charge in [0.1, 0.15) is 6.54 Å². The minimum atomic E-state index is -0.435. The number of rotatable bonds is 7. The van der Waals surface area contributed by atoms with Gasteiger partial charge < -0.3 is 14.4 Å². The van der Waals surface area contributed by atoms with Crippen LogP contribution in [0.1, 0.15) is 38.2 Å². The Bertz CT molecular complexity index is 817. The second kappa shape index (κ2) is 9.82. The maximum Gasteiger partial charge on any atom is 0.294 e. The smallest absolute Gasteiger partial charge is 0.294 e. The van der Waals surface area contributed by atoms with Gasteiger partial charge in [0.05, 0.1) is 18.6 Å². The van der Waals surface area contributed by atoms with Gasteiger partial charge in [-0.05, 0) is 61.2 Å². The molecule has 3 rings (SSSR count). The lowest BCUT2D eigenvalue weighted by molar-refractivity contribution is -0.136. The first-order valence-corrected chi connectivity index (χ1v) is 10.7. The van der Waals surface area contributed by atoms with Crippen LogP contribution in [0.25, 0.3) is 6.08 Å². The number of methoxy groups -OCH3 is 1. The zero-order valence-corrected chi connectivity index (χ0v) is 17.6. The van der Waals surface area contributed by atoms with Crippen molar-refractivity contribution in [3.8, 4) is 11.5 Å². The van der Waals surface area contributed by atoms with Gasteiger partial charge in [-0.25, -0.2) is 0 Å². The van der Waals surface area contributed by atoms with E-state index in [1.165, 1.54) is 0 Å². The van der Waals surface area contributed by atoms with Crippen LogP contribution in [-0.2, 0) is 9.59 Å². The van der Waals surface area contributed by atoms with E-state index in [1.54, 1.807) is 36.3 Å². The molecule has 2 aliphatic rings. The molecule has 0 atom stereocenters. The van der Waals surface area contributed by atoms with Gasteiger partial charge >= 0.3 is 0 Å². The monoisotopic (exact) mass is 418 g/mol. The Labute approximate surface area is 175 Å². The summed E-state index contributed by atoms with van der Waals surface area (Å²) in [5.74, 6) is 0.585. The molecule has 0 bridgehead atoms. The first-order chi connectivity index (χ1) is 14.0. The minimum absolute atomic E-state index is 0.174. The van der Waals surface area contributed by atoms with Crippen molar-refractivity contribution < 1.29 is 23.9 Å². The first-order valence-electron chi connectivity index (χ1n) is 9.87. The van der Waals surface area contributed by atoms with Crippen LogP contribution >= 0.6 is 11.8 Å². The van der Waals surface area contributed by atoms with Crippen molar-refractivity contribution in [1.29, 1.82) is 0 Å². The number of imide groups is 1. The number of hydrogen-bond acceptors (Lipinski definition) is 6. The number of thioether (sulfide) groups is 1. The van der Waals surface area contributed by atoms with Gasteiger partial charge in [-0.1, -0.05) is 13.0 Å². The van der Waals surface area contributed by atoms with Gasteiger partial charge in [-0.3, -0.25) is 19.3 Å². The van der Waals surface area contributed by atoms with Crippen molar-refractivity contribution >= 4 is 34.9 Å². The number of carbonyl (C=O) groups excluding carboxylic acids is 3. The summed E-state index contributed by atoms with van der Waals surface area (Å²) in [6, 6.07) is 5.35. The molecule has 0 spiro atoms. The molecule has 2 fully saturated rings. The maximum atomic E-state index is 12.7. The fraction of sp³-hybridized carbons (Fsp3) is 0.476. The third-order valence-corrected chi connectivity index (χ3v) is 5.73. The minimum Gasteiger partial charge on any atom is -0.493 e. The third kappa shape index (κ3) is 5.12. The summed E-state index contributed by atoms with van der Waals surface area (Å²) in [6.45, 7) is 3.79. The van der Waals surface area contributed by atoms with Gasteiger partial charge in [-0.2, -0.15) is 0 Å². The van der Waals surface area contributed by atoms with E-state index in [0.29, 0.717) is 36.1 Å². The van der Waals surface area contributed by atoms with E-state index in [1.807, 2.05) is 6.92 Å². The second-order valence-electron chi connectivity index (χ2n) is 6.97. The standard InChI is InChI=1S/C21H26N2O5S/c1-3-11-28-16-8-7-15(12-17(16)27-2)13-18-20(25)23(21(26)29-18)14-19(24)22-9-5-4-6-10-22/h7-8,12-13H,3-6,9-11,14H2,1-2H3/b18-13-. The summed E-state index contributed by atoms with van der Waals surface area (Å²) < 4.78 is 11.0. The summed E-state index contributed by atoms with van der Waals surface area (Å²) in [6.07, 6.45) is 5.57. The van der Waals surface area contributed by atoms with Gasteiger partial charge in [-0.15, -0.1) is 0 Å². The largest absolute Gasteiger partial charge is 0.493 e. The van der Waals surface area contributed by atoms with Gasteiger partial charge in [0.2, 0.25) is 5.91 Å². The van der Waals surface area contributed by atoms with Crippen LogP contribution in [0.3, 0.4) is 0 Å². The highest BCUT2D eigenvalue weighted by Crippen LogP contribution is 2.34. The van der Waals surface area contributed by atoms with Crippen LogP contribution in [0, 0.1) is 0 Å². The summed E-state index contributed by atoms with van der Waals surface area (Å²) in [5, 5.41) is -0.415. The molecule has 3 amide bonds. The summed E-state index contributed by atoms with van der Waals surface area (Å²) in [7, 11) is 1.55. The Kier molecular flexibility index (Phi) is 7.19. The molecule has 0 aliphatic carbocycles. The van der Waals surface area contributed by atoms with Crippen molar-refractivity contribution in [2.45, 2.75) is 32.6 Å². The summed E-state index contributed by atoms with van der Waals surface area (Å²) in [5.41, 5.74) is 0.721. The molecule has 2 saturated heterocycles. The van der Waals surface area contributed by atoms with Crippen LogP contribution in [0.5, 0.6) is 11.5 Å². The van der Waals surface area contributed by atoms with E-state index in [4.69, 9.17) is 9.47 Å². The Hall–Kier alpha value is -2.48. The van der Waals surface area contributed by atoms with Crippen molar-refractivity contribution in [3.63, 3.8) is 0 Å². The molecule has 2 heterocycles. The number of piperidine rings is 1. The van der Waals surface area contributed by atoms with E-state index in [2.05, 4.69) is 0 Å². The average Bonchev–Trinajstić information content (AvgIpc) is 3.00. The van der Waals surface area contributed by atoms with Crippen molar-refractivity contribution in [3.05, 3.63) is 28.7 Å². The lowest BCUT2D eigenvalue weighted by Crippen LogP contribution is -2.44. The highest BCUT2D eigenvalue weighted by atomic mass is 32.2. The van der Waals surface area contributed by atoms with Gasteiger partial charge in [0.25, 0.3) is 11.1 Å². The fourth-order valence-corrected chi connectivity index (χ4v) is 4.11. The highest BCUT2D eigenvalue weighted by Gasteiger charge is 2.37. The molecule has 0 saturated carbocycles. The maximum absolute atomic E-state index is 12.7. The molecule has 2 aliphatic heterocycles. The van der Waals surface area contributed by atoms with Crippen LogP contribution < -0.4 is 9.47 Å². The van der Waals surface area contributed by atoms with Gasteiger partial charge in [0, 0.05) is 13.1 Å². The van der Waals surface area contributed by atoms with E-state index in [-0.39, 0.29) is 12.5 Å². The molecule has 0 N–H and O–H groups in total. The first kappa shape index (κ1) is 21.2. The molecular formula is C21H26N2O5S. The molecule has 0 radical (unpaired) electrons. The second-order valence-corrected chi connectivity index (χ2v) is 7.96. The number of nitrogens with zero attached hydrogens (tertiary/aromatic N) is 2. The quantitative estimate of drug-likeness (QED) is 0.631. The molecule has 156 valence electrons. The Balaban J connectivity index is 1.71. The summed E-state index contributed by atoms with van der Waals surface area (Å²) >= 11 is 0.853. The molecule has 29 heavy (non-hydrogen) atoms. The van der Waals surface area contributed by atoms with Crippen molar-refractivity contribution in [2.75, 3.05) is 33.4 Å². The molecule has 1 aromatic rings. The molecular weight excluding hydrogens is 392 g/mol. The fourth-order valence-electron chi connectivity index (χ4n) is 3.27. The number of benzene rings is 1. The number of likely N-dealkylation sites (tertiary alicyclic amines) is 1. The lowest BCUT2D eigenvalue weighted by atomic mass is 10.1. The SMILES string of the molecule is CCCOc1ccc(/C=C2\SC(=O)N(CC(=O)N3CCCCC3)C2=O)cc1OC. The van der Waals surface area contributed by atoms with Crippen LogP contribution in [0.4, 0.5) is 4.79 Å². The Morgan fingerprint density at radius 3 is 2.62 bits per heavy atom. The van der Waals surface area contributed by atoms with Gasteiger partial charge in [0.15, 0.2) is 11.5 Å². The average molecular weight is 419 g/mol. The van der Waals surface area contributed by atoms with E-state index in [9.17, 15) is 14.4 Å². The zero-order chi connectivity index (χ0) is 20.8. The zero-order valence-electron chi connectivity index (χ0n) is 16.8. The summed E-state index contributed by atoms with van der Waals surface area (Å²) in [4.78, 5) is 40.5. The number of ether oxygens (including phenoxy) is 2. The van der Waals surface area contributed by atoms with Crippen LogP contribution in [-0.4, -0.2) is 60.2 Å². The predicted molar refractivity (Wildman–Crippen MR) is 112 cm³/mol. The lowest BCUT2D eigenvalue weighted by Gasteiger charge is -2.27. The predicted octanol–water partition coefficient (Wildman–Crippen LogP) is 3.53. The molecule has 7 nitrogen and oxygen atoms in total.